The first-order valence-electron chi connectivity index (χ1n) is 8.90. The van der Waals surface area contributed by atoms with Crippen LogP contribution in [0.3, 0.4) is 0 Å². The zero-order valence-corrected chi connectivity index (χ0v) is 17.2. The molecule has 4 heteroatoms. The molecule has 0 bridgehead atoms. The van der Waals surface area contributed by atoms with Crippen molar-refractivity contribution < 1.29 is 39.5 Å². The van der Waals surface area contributed by atoms with Gasteiger partial charge in [0.1, 0.15) is 0 Å². The summed E-state index contributed by atoms with van der Waals surface area (Å²) in [5.74, 6) is -0.968. The first-order chi connectivity index (χ1) is 10.2. The average Bonchev–Trinajstić information content (AvgIpc) is 2.49. The fourth-order valence-corrected chi connectivity index (χ4v) is 2.19. The summed E-state index contributed by atoms with van der Waals surface area (Å²) in [5.41, 5.74) is 4.57. The first-order valence-corrected chi connectivity index (χ1v) is 8.90. The maximum atomic E-state index is 9.24. The Morgan fingerprint density at radius 1 is 0.818 bits per heavy atom. The average molecular weight is 323 g/mol. The van der Waals surface area contributed by atoms with Crippen LogP contribution in [-0.4, -0.2) is 17.6 Å². The van der Waals surface area contributed by atoms with Crippen LogP contribution >= 0.6 is 0 Å². The van der Waals surface area contributed by atoms with Crippen LogP contribution in [0.4, 0.5) is 0 Å². The third kappa shape index (κ3) is 32.4. The molecule has 0 aliphatic heterocycles. The van der Waals surface area contributed by atoms with E-state index >= 15 is 0 Å². The predicted octanol–water partition coefficient (Wildman–Crippen LogP) is 2.34. The summed E-state index contributed by atoms with van der Waals surface area (Å²) in [7, 11) is 0. The Balaban J connectivity index is -0.000000520. The molecule has 3 nitrogen and oxygen atoms in total. The van der Waals surface area contributed by atoms with Crippen LogP contribution < -0.4 is 35.3 Å². The van der Waals surface area contributed by atoms with Gasteiger partial charge in [0, 0.05) is 0 Å². The SMILES string of the molecule is NCC(=O)O.[CH2-]CCCCCCCCCCCCCCC.[Na+]. The smallest absolute Gasteiger partial charge is 0.480 e. The van der Waals surface area contributed by atoms with Crippen LogP contribution in [0, 0.1) is 6.92 Å². The van der Waals surface area contributed by atoms with Gasteiger partial charge in [-0.2, -0.15) is 6.42 Å². The second-order valence-electron chi connectivity index (χ2n) is 5.69. The Morgan fingerprint density at radius 2 is 1.09 bits per heavy atom. The molecule has 0 saturated heterocycles. The number of hydrogen-bond donors (Lipinski definition) is 2. The second-order valence-corrected chi connectivity index (χ2v) is 5.69. The minimum atomic E-state index is -0.968. The molecule has 0 unspecified atom stereocenters. The van der Waals surface area contributed by atoms with E-state index in [2.05, 4.69) is 19.6 Å². The number of nitrogens with two attached hydrogens (primary N) is 1. The molecule has 0 saturated carbocycles. The Morgan fingerprint density at radius 3 is 1.32 bits per heavy atom. The van der Waals surface area contributed by atoms with E-state index in [9.17, 15) is 4.79 Å². The molecular weight excluding hydrogens is 285 g/mol. The van der Waals surface area contributed by atoms with Crippen molar-refractivity contribution in [3.05, 3.63) is 6.92 Å². The van der Waals surface area contributed by atoms with E-state index in [4.69, 9.17) is 5.11 Å². The van der Waals surface area contributed by atoms with Crippen LogP contribution in [0.5, 0.6) is 0 Å². The van der Waals surface area contributed by atoms with Crippen molar-refractivity contribution in [3.63, 3.8) is 0 Å². The molecule has 0 amide bonds. The fraction of sp³-hybridized carbons (Fsp3) is 0.889. The van der Waals surface area contributed by atoms with Crippen LogP contribution in [0.1, 0.15) is 96.8 Å². The zero-order chi connectivity index (χ0) is 16.2. The van der Waals surface area contributed by atoms with Gasteiger partial charge in [0.25, 0.3) is 0 Å². The number of carbonyl (C=O) groups is 1. The van der Waals surface area contributed by atoms with Crippen molar-refractivity contribution in [2.24, 2.45) is 5.73 Å². The summed E-state index contributed by atoms with van der Waals surface area (Å²) in [6.45, 7) is 5.88. The first kappa shape index (κ1) is 27.3. The van der Waals surface area contributed by atoms with Crippen LogP contribution in [0.2, 0.25) is 0 Å². The van der Waals surface area contributed by atoms with Gasteiger partial charge >= 0.3 is 35.5 Å². The minimum absolute atomic E-state index is 0. The Hall–Kier alpha value is 0.430. The number of carboxylic acids is 1. The molecule has 0 rings (SSSR count). The van der Waals surface area contributed by atoms with E-state index in [-0.39, 0.29) is 36.1 Å². The van der Waals surface area contributed by atoms with Gasteiger partial charge < -0.3 is 17.8 Å². The third-order valence-corrected chi connectivity index (χ3v) is 3.53. The standard InChI is InChI=1S/C16H33.C2H5NO2.Na/c1-3-5-7-9-11-13-15-16-14-12-10-8-6-4-2;3-1-2(4)5;/h1,3-16H2,2H3;1,3H2,(H,4,5);/q-1;;+1. The number of carboxylic acid groups (broad SMARTS) is 1. The Bertz CT molecular complexity index is 188. The molecule has 0 aromatic rings. The molecule has 0 atom stereocenters. The zero-order valence-electron chi connectivity index (χ0n) is 15.2. The largest absolute Gasteiger partial charge is 1.00 e. The molecule has 0 radical (unpaired) electrons. The number of unbranched alkanes of at least 4 members (excludes halogenated alkanes) is 13. The van der Waals surface area contributed by atoms with E-state index in [1.54, 1.807) is 0 Å². The maximum Gasteiger partial charge on any atom is 1.00 e. The summed E-state index contributed by atoms with van der Waals surface area (Å²) in [6, 6.07) is 0. The summed E-state index contributed by atoms with van der Waals surface area (Å²) in [4.78, 5) is 9.24. The van der Waals surface area contributed by atoms with Crippen LogP contribution in [0.25, 0.3) is 0 Å². The van der Waals surface area contributed by atoms with E-state index in [1.807, 2.05) is 0 Å². The van der Waals surface area contributed by atoms with Crippen LogP contribution in [0.15, 0.2) is 0 Å². The van der Waals surface area contributed by atoms with E-state index < -0.39 is 5.97 Å². The van der Waals surface area contributed by atoms with Crippen molar-refractivity contribution in [2.45, 2.75) is 96.8 Å². The molecule has 0 aromatic carbocycles. The molecule has 128 valence electrons. The number of aliphatic carboxylic acids is 1. The molecule has 0 aromatic heterocycles. The van der Waals surface area contributed by atoms with Gasteiger partial charge in [0.2, 0.25) is 0 Å². The van der Waals surface area contributed by atoms with Crippen molar-refractivity contribution in [3.8, 4) is 0 Å². The number of rotatable bonds is 14. The monoisotopic (exact) mass is 323 g/mol. The Labute approximate surface area is 161 Å². The van der Waals surface area contributed by atoms with Gasteiger partial charge in [-0.3, -0.25) is 4.79 Å². The topological polar surface area (TPSA) is 63.3 Å². The van der Waals surface area contributed by atoms with Gasteiger partial charge in [0.05, 0.1) is 6.54 Å². The van der Waals surface area contributed by atoms with Gasteiger partial charge in [-0.25, -0.2) is 0 Å². The van der Waals surface area contributed by atoms with E-state index in [0.717, 1.165) is 6.42 Å². The quantitative estimate of drug-likeness (QED) is 0.293. The van der Waals surface area contributed by atoms with E-state index in [1.165, 1.54) is 83.5 Å². The van der Waals surface area contributed by atoms with Crippen molar-refractivity contribution in [1.29, 1.82) is 0 Å². The van der Waals surface area contributed by atoms with Crippen LogP contribution in [-0.2, 0) is 4.79 Å². The summed E-state index contributed by atoms with van der Waals surface area (Å²) in [6.07, 6.45) is 19.8. The molecule has 0 aliphatic rings. The molecule has 0 spiro atoms. The summed E-state index contributed by atoms with van der Waals surface area (Å²) < 4.78 is 0. The van der Waals surface area contributed by atoms with Gasteiger partial charge in [-0.05, 0) is 0 Å². The second kappa shape index (κ2) is 26.3. The molecule has 3 N–H and O–H groups in total. The maximum absolute atomic E-state index is 9.24. The summed E-state index contributed by atoms with van der Waals surface area (Å²) >= 11 is 0. The minimum Gasteiger partial charge on any atom is -0.480 e. The van der Waals surface area contributed by atoms with Crippen molar-refractivity contribution in [2.75, 3.05) is 6.54 Å². The fourth-order valence-electron chi connectivity index (χ4n) is 2.19. The predicted molar refractivity (Wildman–Crippen MR) is 92.4 cm³/mol. The van der Waals surface area contributed by atoms with Crippen molar-refractivity contribution in [1.82, 2.24) is 0 Å². The van der Waals surface area contributed by atoms with E-state index in [0.29, 0.717) is 0 Å². The molecule has 22 heavy (non-hydrogen) atoms. The number of hydrogen-bond acceptors (Lipinski definition) is 2. The van der Waals surface area contributed by atoms with Gasteiger partial charge in [-0.1, -0.05) is 90.4 Å². The third-order valence-electron chi connectivity index (χ3n) is 3.53. The Kier molecular flexibility index (Phi) is 32.7. The van der Waals surface area contributed by atoms with Crippen molar-refractivity contribution >= 4 is 5.97 Å². The van der Waals surface area contributed by atoms with Gasteiger partial charge in [-0.15, -0.1) is 0 Å². The molecule has 0 fully saturated rings. The van der Waals surface area contributed by atoms with Gasteiger partial charge in [0.15, 0.2) is 0 Å². The molecule has 0 heterocycles. The molecule has 0 aliphatic carbocycles. The molecular formula is C18H38NNaO2. The summed E-state index contributed by atoms with van der Waals surface area (Å²) in [5, 5.41) is 7.60. The normalized spacial score (nSPS) is 9.59.